The highest BCUT2D eigenvalue weighted by Gasteiger charge is 2.13. The molecule has 0 radical (unpaired) electrons. The van der Waals surface area contributed by atoms with Crippen LogP contribution in [0.1, 0.15) is 18.4 Å². The molecular formula is C14H17N5. The maximum atomic E-state index is 4.55. The van der Waals surface area contributed by atoms with Crippen molar-refractivity contribution in [3.05, 3.63) is 42.4 Å². The first-order valence-corrected chi connectivity index (χ1v) is 6.62. The molecule has 1 aliphatic heterocycles. The lowest BCUT2D eigenvalue weighted by atomic mass is 10.3. The van der Waals surface area contributed by atoms with Gasteiger partial charge in [-0.15, -0.1) is 0 Å². The van der Waals surface area contributed by atoms with Crippen molar-refractivity contribution < 1.29 is 0 Å². The fourth-order valence-electron chi connectivity index (χ4n) is 2.24. The Bertz CT molecular complexity index is 522. The van der Waals surface area contributed by atoms with Crippen molar-refractivity contribution in [1.82, 2.24) is 15.0 Å². The number of nitrogens with zero attached hydrogens (tertiary/aromatic N) is 4. The number of pyridine rings is 1. The highest BCUT2D eigenvalue weighted by atomic mass is 15.2. The highest BCUT2D eigenvalue weighted by Crippen LogP contribution is 2.18. The van der Waals surface area contributed by atoms with Gasteiger partial charge in [-0.2, -0.15) is 4.98 Å². The summed E-state index contributed by atoms with van der Waals surface area (Å²) in [5.41, 5.74) is 1.12. The molecule has 5 heteroatoms. The fourth-order valence-corrected chi connectivity index (χ4v) is 2.24. The van der Waals surface area contributed by atoms with E-state index < -0.39 is 0 Å². The number of aromatic nitrogens is 3. The van der Waals surface area contributed by atoms with Gasteiger partial charge in [0.2, 0.25) is 5.95 Å². The minimum absolute atomic E-state index is 0.674. The first-order chi connectivity index (χ1) is 9.42. The van der Waals surface area contributed by atoms with E-state index in [2.05, 4.69) is 25.2 Å². The van der Waals surface area contributed by atoms with Crippen LogP contribution in [0.15, 0.2) is 36.8 Å². The van der Waals surface area contributed by atoms with Crippen LogP contribution in [0.4, 0.5) is 11.8 Å². The summed E-state index contributed by atoms with van der Waals surface area (Å²) in [5, 5.41) is 3.24. The largest absolute Gasteiger partial charge is 0.356 e. The molecule has 0 unspecified atom stereocenters. The molecule has 1 aliphatic rings. The SMILES string of the molecule is c1cncc(CNc2nccc(N3CCCC3)n2)c1. The third-order valence-corrected chi connectivity index (χ3v) is 3.24. The molecule has 19 heavy (non-hydrogen) atoms. The summed E-state index contributed by atoms with van der Waals surface area (Å²) in [6, 6.07) is 5.93. The average molecular weight is 255 g/mol. The zero-order valence-corrected chi connectivity index (χ0v) is 10.8. The number of hydrogen-bond donors (Lipinski definition) is 1. The summed E-state index contributed by atoms with van der Waals surface area (Å²) in [6.45, 7) is 2.88. The van der Waals surface area contributed by atoms with Gasteiger partial charge in [-0.1, -0.05) is 6.07 Å². The molecule has 0 amide bonds. The molecule has 98 valence electrons. The number of rotatable bonds is 4. The molecule has 1 N–H and O–H groups in total. The van der Waals surface area contributed by atoms with Crippen molar-refractivity contribution in [2.75, 3.05) is 23.3 Å². The number of hydrogen-bond acceptors (Lipinski definition) is 5. The Morgan fingerprint density at radius 2 is 2.05 bits per heavy atom. The van der Waals surface area contributed by atoms with Crippen molar-refractivity contribution in [2.24, 2.45) is 0 Å². The molecule has 2 aromatic heterocycles. The topological polar surface area (TPSA) is 53.9 Å². The van der Waals surface area contributed by atoms with E-state index in [9.17, 15) is 0 Å². The Morgan fingerprint density at radius 3 is 2.84 bits per heavy atom. The fraction of sp³-hybridized carbons (Fsp3) is 0.357. The molecule has 2 aromatic rings. The van der Waals surface area contributed by atoms with Crippen molar-refractivity contribution >= 4 is 11.8 Å². The molecule has 5 nitrogen and oxygen atoms in total. The Morgan fingerprint density at radius 1 is 1.16 bits per heavy atom. The van der Waals surface area contributed by atoms with Crippen LogP contribution in [0, 0.1) is 0 Å². The van der Waals surface area contributed by atoms with Crippen LogP contribution in [0.5, 0.6) is 0 Å². The third-order valence-electron chi connectivity index (χ3n) is 3.24. The van der Waals surface area contributed by atoms with Crippen molar-refractivity contribution in [1.29, 1.82) is 0 Å². The van der Waals surface area contributed by atoms with Crippen molar-refractivity contribution in [3.8, 4) is 0 Å². The van der Waals surface area contributed by atoms with Crippen LogP contribution in [-0.2, 0) is 6.54 Å². The second-order valence-corrected chi connectivity index (χ2v) is 4.65. The van der Waals surface area contributed by atoms with Crippen LogP contribution >= 0.6 is 0 Å². The Labute approximate surface area is 112 Å². The quantitative estimate of drug-likeness (QED) is 0.906. The van der Waals surface area contributed by atoms with Gasteiger partial charge < -0.3 is 10.2 Å². The van der Waals surface area contributed by atoms with Gasteiger partial charge in [-0.25, -0.2) is 4.98 Å². The summed E-state index contributed by atoms with van der Waals surface area (Å²) in [6.07, 6.45) is 7.93. The van der Waals surface area contributed by atoms with E-state index in [-0.39, 0.29) is 0 Å². The van der Waals surface area contributed by atoms with Gasteiger partial charge in [-0.05, 0) is 30.5 Å². The number of anilines is 2. The van der Waals surface area contributed by atoms with Crippen molar-refractivity contribution in [2.45, 2.75) is 19.4 Å². The highest BCUT2D eigenvalue weighted by molar-refractivity contribution is 5.43. The Kier molecular flexibility index (Phi) is 3.54. The van der Waals surface area contributed by atoms with E-state index in [1.165, 1.54) is 12.8 Å². The molecule has 1 saturated heterocycles. The lowest BCUT2D eigenvalue weighted by Gasteiger charge is -2.16. The summed E-state index contributed by atoms with van der Waals surface area (Å²) in [4.78, 5) is 15.2. The third kappa shape index (κ3) is 2.99. The van der Waals surface area contributed by atoms with E-state index in [4.69, 9.17) is 0 Å². The van der Waals surface area contributed by atoms with Crippen LogP contribution in [0.25, 0.3) is 0 Å². The van der Waals surface area contributed by atoms with Gasteiger partial charge in [-0.3, -0.25) is 4.98 Å². The van der Waals surface area contributed by atoms with E-state index in [0.29, 0.717) is 12.5 Å². The molecule has 3 heterocycles. The standard InChI is InChI=1S/C14H17N5/c1-2-9-19(8-1)13-5-7-16-14(18-13)17-11-12-4-3-6-15-10-12/h3-7,10H,1-2,8-9,11H2,(H,16,17,18). The molecule has 0 atom stereocenters. The molecule has 3 rings (SSSR count). The molecule has 0 aromatic carbocycles. The number of nitrogens with one attached hydrogen (secondary N) is 1. The second kappa shape index (κ2) is 5.65. The normalized spacial score (nSPS) is 14.6. The Hall–Kier alpha value is -2.17. The van der Waals surface area contributed by atoms with Gasteiger partial charge in [0.05, 0.1) is 0 Å². The van der Waals surface area contributed by atoms with Crippen LogP contribution in [0.2, 0.25) is 0 Å². The lowest BCUT2D eigenvalue weighted by Crippen LogP contribution is -2.19. The predicted octanol–water partition coefficient (Wildman–Crippen LogP) is 2.08. The smallest absolute Gasteiger partial charge is 0.224 e. The average Bonchev–Trinajstić information content (AvgIpc) is 3.01. The zero-order valence-electron chi connectivity index (χ0n) is 10.8. The first kappa shape index (κ1) is 11.9. The summed E-state index contributed by atoms with van der Waals surface area (Å²) in [5.74, 6) is 1.69. The van der Waals surface area contributed by atoms with Crippen LogP contribution < -0.4 is 10.2 Å². The van der Waals surface area contributed by atoms with Crippen LogP contribution in [-0.4, -0.2) is 28.0 Å². The van der Waals surface area contributed by atoms with Gasteiger partial charge >= 0.3 is 0 Å². The summed E-state index contributed by atoms with van der Waals surface area (Å²) >= 11 is 0. The van der Waals surface area contributed by atoms with Gasteiger partial charge in [0.25, 0.3) is 0 Å². The zero-order chi connectivity index (χ0) is 12.9. The summed E-state index contributed by atoms with van der Waals surface area (Å²) < 4.78 is 0. The van der Waals surface area contributed by atoms with E-state index >= 15 is 0 Å². The van der Waals surface area contributed by atoms with Crippen LogP contribution in [0.3, 0.4) is 0 Å². The van der Waals surface area contributed by atoms with Gasteiger partial charge in [0, 0.05) is 38.2 Å². The molecule has 0 saturated carbocycles. The monoisotopic (exact) mass is 255 g/mol. The van der Waals surface area contributed by atoms with E-state index in [0.717, 1.165) is 24.5 Å². The molecule has 0 aliphatic carbocycles. The minimum Gasteiger partial charge on any atom is -0.356 e. The maximum Gasteiger partial charge on any atom is 0.224 e. The Balaban J connectivity index is 1.66. The van der Waals surface area contributed by atoms with Gasteiger partial charge in [0.1, 0.15) is 5.82 Å². The molecule has 0 spiro atoms. The minimum atomic E-state index is 0.674. The van der Waals surface area contributed by atoms with Crippen molar-refractivity contribution in [3.63, 3.8) is 0 Å². The lowest BCUT2D eigenvalue weighted by molar-refractivity contribution is 0.922. The second-order valence-electron chi connectivity index (χ2n) is 4.65. The van der Waals surface area contributed by atoms with Gasteiger partial charge in [0.15, 0.2) is 0 Å². The molecular weight excluding hydrogens is 238 g/mol. The molecule has 0 bridgehead atoms. The van der Waals surface area contributed by atoms with E-state index in [1.54, 1.807) is 6.20 Å². The molecule has 1 fully saturated rings. The first-order valence-electron chi connectivity index (χ1n) is 6.62. The maximum absolute atomic E-state index is 4.55. The predicted molar refractivity (Wildman–Crippen MR) is 75.0 cm³/mol. The summed E-state index contributed by atoms with van der Waals surface area (Å²) in [7, 11) is 0. The van der Waals surface area contributed by atoms with E-state index in [1.807, 2.05) is 30.6 Å².